The molecule has 1 aromatic carbocycles. The lowest BCUT2D eigenvalue weighted by molar-refractivity contribution is -0.118. The quantitative estimate of drug-likeness (QED) is 0.680. The van der Waals surface area contributed by atoms with Gasteiger partial charge in [-0.3, -0.25) is 4.79 Å². The summed E-state index contributed by atoms with van der Waals surface area (Å²) in [6, 6.07) is 4.18. The Labute approximate surface area is 124 Å². The SMILES string of the molecule is CCCCN(CC(N)=O)S(=O)(=O)c1ccc(OC)c(N)c1. The first-order valence-electron chi connectivity index (χ1n) is 6.55. The van der Waals surface area contributed by atoms with Crippen molar-refractivity contribution in [1.82, 2.24) is 4.31 Å². The van der Waals surface area contributed by atoms with Gasteiger partial charge in [-0.05, 0) is 24.6 Å². The predicted octanol–water partition coefficient (Wildman–Crippen LogP) is 0.554. The highest BCUT2D eigenvalue weighted by Gasteiger charge is 2.26. The van der Waals surface area contributed by atoms with Gasteiger partial charge in [0.15, 0.2) is 0 Å². The molecule has 0 aliphatic carbocycles. The number of rotatable bonds is 8. The van der Waals surface area contributed by atoms with Crippen LogP contribution in [0.4, 0.5) is 5.69 Å². The van der Waals surface area contributed by atoms with E-state index in [9.17, 15) is 13.2 Å². The number of methoxy groups -OCH3 is 1. The van der Waals surface area contributed by atoms with Gasteiger partial charge in [0, 0.05) is 6.54 Å². The Bertz CT molecular complexity index is 601. The molecule has 118 valence electrons. The average molecular weight is 315 g/mol. The lowest BCUT2D eigenvalue weighted by Gasteiger charge is -2.21. The van der Waals surface area contributed by atoms with Crippen LogP contribution in [0.5, 0.6) is 5.75 Å². The molecule has 7 nitrogen and oxygen atoms in total. The Hall–Kier alpha value is -1.80. The minimum absolute atomic E-state index is 0.0122. The van der Waals surface area contributed by atoms with E-state index in [1.807, 2.05) is 6.92 Å². The van der Waals surface area contributed by atoms with Crippen molar-refractivity contribution in [2.75, 3.05) is 25.9 Å². The molecule has 0 saturated carbocycles. The summed E-state index contributed by atoms with van der Waals surface area (Å²) in [5.74, 6) is -0.305. The molecule has 0 heterocycles. The summed E-state index contributed by atoms with van der Waals surface area (Å²) in [5, 5.41) is 0. The number of hydrogen-bond acceptors (Lipinski definition) is 5. The van der Waals surface area contributed by atoms with Gasteiger partial charge in [-0.2, -0.15) is 4.31 Å². The Kier molecular flexibility index (Phi) is 5.98. The van der Waals surface area contributed by atoms with E-state index in [0.29, 0.717) is 12.2 Å². The van der Waals surface area contributed by atoms with Crippen LogP contribution in [-0.4, -0.2) is 38.8 Å². The molecule has 1 amide bonds. The zero-order valence-corrected chi connectivity index (χ0v) is 13.0. The molecule has 8 heteroatoms. The van der Waals surface area contributed by atoms with Gasteiger partial charge in [-0.1, -0.05) is 13.3 Å². The standard InChI is InChI=1S/C13H21N3O4S/c1-3-4-7-16(9-13(15)17)21(18,19)10-5-6-12(20-2)11(14)8-10/h5-6,8H,3-4,7,9,14H2,1-2H3,(H2,15,17). The Morgan fingerprint density at radius 1 is 1.38 bits per heavy atom. The number of amides is 1. The molecule has 0 spiro atoms. The molecule has 21 heavy (non-hydrogen) atoms. The first kappa shape index (κ1) is 17.3. The number of ether oxygens (including phenoxy) is 1. The van der Waals surface area contributed by atoms with Crippen molar-refractivity contribution >= 4 is 21.6 Å². The fraction of sp³-hybridized carbons (Fsp3) is 0.462. The Balaban J connectivity index is 3.15. The number of sulfonamides is 1. The van der Waals surface area contributed by atoms with E-state index in [-0.39, 0.29) is 23.7 Å². The van der Waals surface area contributed by atoms with Crippen LogP contribution >= 0.6 is 0 Å². The molecule has 0 atom stereocenters. The Morgan fingerprint density at radius 2 is 2.05 bits per heavy atom. The van der Waals surface area contributed by atoms with Gasteiger partial charge >= 0.3 is 0 Å². The maximum absolute atomic E-state index is 12.5. The summed E-state index contributed by atoms with van der Waals surface area (Å²) >= 11 is 0. The molecule has 0 aliphatic rings. The number of nitrogens with two attached hydrogens (primary N) is 2. The molecule has 1 rings (SSSR count). The van der Waals surface area contributed by atoms with Gasteiger partial charge in [0.05, 0.1) is 24.2 Å². The van der Waals surface area contributed by atoms with Crippen molar-refractivity contribution in [2.45, 2.75) is 24.7 Å². The van der Waals surface area contributed by atoms with Crippen LogP contribution in [0.3, 0.4) is 0 Å². The smallest absolute Gasteiger partial charge is 0.243 e. The average Bonchev–Trinajstić information content (AvgIpc) is 2.42. The largest absolute Gasteiger partial charge is 0.495 e. The van der Waals surface area contributed by atoms with E-state index >= 15 is 0 Å². The third-order valence-electron chi connectivity index (χ3n) is 2.93. The molecule has 0 aromatic heterocycles. The van der Waals surface area contributed by atoms with Crippen molar-refractivity contribution in [3.8, 4) is 5.75 Å². The van der Waals surface area contributed by atoms with Crippen molar-refractivity contribution in [2.24, 2.45) is 5.73 Å². The minimum atomic E-state index is -3.82. The van der Waals surface area contributed by atoms with E-state index in [4.69, 9.17) is 16.2 Å². The molecule has 0 bridgehead atoms. The predicted molar refractivity (Wildman–Crippen MR) is 80.3 cm³/mol. The van der Waals surface area contributed by atoms with Crippen LogP contribution in [0, 0.1) is 0 Å². The van der Waals surface area contributed by atoms with Crippen LogP contribution in [0.2, 0.25) is 0 Å². The second kappa shape index (κ2) is 7.28. The number of anilines is 1. The fourth-order valence-electron chi connectivity index (χ4n) is 1.81. The topological polar surface area (TPSA) is 116 Å². The number of carbonyl (C=O) groups is 1. The lowest BCUT2D eigenvalue weighted by Crippen LogP contribution is -2.39. The number of carbonyl (C=O) groups excluding carboxylic acids is 1. The number of benzene rings is 1. The second-order valence-corrected chi connectivity index (χ2v) is 6.50. The molecule has 4 N–H and O–H groups in total. The third-order valence-corrected chi connectivity index (χ3v) is 4.77. The summed E-state index contributed by atoms with van der Waals surface area (Å²) in [6.45, 7) is 1.81. The number of nitrogens with zero attached hydrogens (tertiary/aromatic N) is 1. The maximum Gasteiger partial charge on any atom is 0.243 e. The first-order chi connectivity index (χ1) is 9.82. The van der Waals surface area contributed by atoms with Crippen LogP contribution in [0.25, 0.3) is 0 Å². The zero-order chi connectivity index (χ0) is 16.0. The third kappa shape index (κ3) is 4.33. The molecule has 1 aromatic rings. The summed E-state index contributed by atoms with van der Waals surface area (Å²) in [4.78, 5) is 11.1. The highest BCUT2D eigenvalue weighted by molar-refractivity contribution is 7.89. The molecule has 0 unspecified atom stereocenters. The summed E-state index contributed by atoms with van der Waals surface area (Å²) in [7, 11) is -2.37. The molecule has 0 saturated heterocycles. The van der Waals surface area contributed by atoms with E-state index in [1.54, 1.807) is 0 Å². The van der Waals surface area contributed by atoms with Crippen LogP contribution in [0.15, 0.2) is 23.1 Å². The molecular weight excluding hydrogens is 294 g/mol. The van der Waals surface area contributed by atoms with Crippen LogP contribution in [-0.2, 0) is 14.8 Å². The number of primary amides is 1. The highest BCUT2D eigenvalue weighted by atomic mass is 32.2. The van der Waals surface area contributed by atoms with Gasteiger partial charge in [-0.15, -0.1) is 0 Å². The second-order valence-electron chi connectivity index (χ2n) is 4.56. The normalized spacial score (nSPS) is 11.6. The summed E-state index contributed by atoms with van der Waals surface area (Å²) in [5.41, 5.74) is 11.1. The van der Waals surface area contributed by atoms with Gasteiger partial charge < -0.3 is 16.2 Å². The molecular formula is C13H21N3O4S. The van der Waals surface area contributed by atoms with E-state index < -0.39 is 15.9 Å². The summed E-state index contributed by atoms with van der Waals surface area (Å²) in [6.07, 6.45) is 1.44. The zero-order valence-electron chi connectivity index (χ0n) is 12.2. The van der Waals surface area contributed by atoms with Gasteiger partial charge in [0.2, 0.25) is 15.9 Å². The molecule has 0 radical (unpaired) electrons. The van der Waals surface area contributed by atoms with E-state index in [1.165, 1.54) is 25.3 Å². The van der Waals surface area contributed by atoms with E-state index in [2.05, 4.69) is 0 Å². The maximum atomic E-state index is 12.5. The molecule has 0 aliphatic heterocycles. The number of nitrogen functional groups attached to an aromatic ring is 1. The summed E-state index contributed by atoms with van der Waals surface area (Å²) < 4.78 is 31.2. The first-order valence-corrected chi connectivity index (χ1v) is 7.99. The van der Waals surface area contributed by atoms with Crippen molar-refractivity contribution < 1.29 is 17.9 Å². The lowest BCUT2D eigenvalue weighted by atomic mass is 10.3. The highest BCUT2D eigenvalue weighted by Crippen LogP contribution is 2.26. The molecule has 0 fully saturated rings. The van der Waals surface area contributed by atoms with Gasteiger partial charge in [0.1, 0.15) is 5.75 Å². The van der Waals surface area contributed by atoms with Crippen molar-refractivity contribution in [3.05, 3.63) is 18.2 Å². The van der Waals surface area contributed by atoms with Crippen LogP contribution < -0.4 is 16.2 Å². The van der Waals surface area contributed by atoms with Crippen molar-refractivity contribution in [3.63, 3.8) is 0 Å². The van der Waals surface area contributed by atoms with E-state index in [0.717, 1.165) is 10.7 Å². The van der Waals surface area contributed by atoms with Gasteiger partial charge in [0.25, 0.3) is 0 Å². The van der Waals surface area contributed by atoms with Crippen LogP contribution in [0.1, 0.15) is 19.8 Å². The number of unbranched alkanes of at least 4 members (excludes halogenated alkanes) is 1. The monoisotopic (exact) mass is 315 g/mol. The van der Waals surface area contributed by atoms with Crippen molar-refractivity contribution in [1.29, 1.82) is 0 Å². The number of hydrogen-bond donors (Lipinski definition) is 2. The fourth-order valence-corrected chi connectivity index (χ4v) is 3.30. The van der Waals surface area contributed by atoms with Gasteiger partial charge in [-0.25, -0.2) is 8.42 Å². The minimum Gasteiger partial charge on any atom is -0.495 e. The Morgan fingerprint density at radius 3 is 2.52 bits per heavy atom.